The summed E-state index contributed by atoms with van der Waals surface area (Å²) in [6.07, 6.45) is 0. The fourth-order valence-corrected chi connectivity index (χ4v) is 0.220. The molecule has 0 bridgehead atoms. The SMILES string of the molecule is O=P([O-])([O-])C(F)(F)CF. The second kappa shape index (κ2) is 2.28. The highest BCUT2D eigenvalue weighted by atomic mass is 31.2. The fraction of sp³-hybridized carbons (Fsp3) is 1.00. The van der Waals surface area contributed by atoms with Crippen molar-refractivity contribution in [2.45, 2.75) is 5.66 Å². The van der Waals surface area contributed by atoms with Crippen molar-refractivity contribution in [3.8, 4) is 0 Å². The Labute approximate surface area is 48.7 Å². The van der Waals surface area contributed by atoms with Gasteiger partial charge in [-0.1, -0.05) is 0 Å². The van der Waals surface area contributed by atoms with E-state index in [9.17, 15) is 27.5 Å². The molecule has 0 N–H and O–H groups in total. The third kappa shape index (κ3) is 1.97. The lowest BCUT2D eigenvalue weighted by atomic mass is 10.8. The average molecular weight is 162 g/mol. The Morgan fingerprint density at radius 1 is 1.44 bits per heavy atom. The zero-order chi connectivity index (χ0) is 7.71. The number of halogens is 3. The van der Waals surface area contributed by atoms with Crippen molar-refractivity contribution in [2.75, 3.05) is 6.67 Å². The van der Waals surface area contributed by atoms with Crippen molar-refractivity contribution in [2.24, 2.45) is 0 Å². The maximum atomic E-state index is 11.4. The Kier molecular flexibility index (Phi) is 2.27. The van der Waals surface area contributed by atoms with Crippen LogP contribution in [-0.4, -0.2) is 12.3 Å². The molecule has 0 aliphatic heterocycles. The van der Waals surface area contributed by atoms with E-state index in [0.29, 0.717) is 0 Å². The molecule has 0 spiro atoms. The van der Waals surface area contributed by atoms with Crippen LogP contribution in [0, 0.1) is 0 Å². The molecule has 7 heteroatoms. The van der Waals surface area contributed by atoms with Crippen LogP contribution >= 0.6 is 7.60 Å². The molecule has 0 aromatic rings. The van der Waals surface area contributed by atoms with Crippen LogP contribution < -0.4 is 9.79 Å². The normalized spacial score (nSPS) is 13.9. The first-order valence-electron chi connectivity index (χ1n) is 1.77. The van der Waals surface area contributed by atoms with Crippen molar-refractivity contribution in [1.29, 1.82) is 0 Å². The smallest absolute Gasteiger partial charge is 0.299 e. The van der Waals surface area contributed by atoms with E-state index >= 15 is 0 Å². The summed E-state index contributed by atoms with van der Waals surface area (Å²) in [5.74, 6) is 0. The third-order valence-electron chi connectivity index (χ3n) is 0.561. The molecule has 0 amide bonds. The van der Waals surface area contributed by atoms with E-state index in [-0.39, 0.29) is 0 Å². The zero-order valence-corrected chi connectivity index (χ0v) is 4.91. The summed E-state index contributed by atoms with van der Waals surface area (Å²) in [7, 11) is -6.08. The van der Waals surface area contributed by atoms with E-state index < -0.39 is 19.9 Å². The van der Waals surface area contributed by atoms with Gasteiger partial charge in [-0.15, -0.1) is 0 Å². The lowest BCUT2D eigenvalue weighted by Crippen LogP contribution is -2.33. The summed E-state index contributed by atoms with van der Waals surface area (Å²) in [4.78, 5) is 18.7. The maximum Gasteiger partial charge on any atom is 0.299 e. The molecule has 0 saturated carbocycles. The van der Waals surface area contributed by atoms with Crippen LogP contribution in [0.2, 0.25) is 0 Å². The molecule has 0 rings (SSSR count). The molecule has 3 nitrogen and oxygen atoms in total. The largest absolute Gasteiger partial charge is 0.806 e. The lowest BCUT2D eigenvalue weighted by molar-refractivity contribution is -0.334. The van der Waals surface area contributed by atoms with Gasteiger partial charge in [0.1, 0.15) is 0 Å². The summed E-state index contributed by atoms with van der Waals surface area (Å²) in [5.41, 5.74) is -4.74. The zero-order valence-electron chi connectivity index (χ0n) is 4.01. The minimum atomic E-state index is -6.08. The van der Waals surface area contributed by atoms with Crippen LogP contribution in [0.5, 0.6) is 0 Å². The van der Waals surface area contributed by atoms with Crippen LogP contribution in [0.3, 0.4) is 0 Å². The summed E-state index contributed by atoms with van der Waals surface area (Å²) >= 11 is 0. The van der Waals surface area contributed by atoms with Gasteiger partial charge in [0.2, 0.25) is 0 Å². The number of alkyl halides is 3. The van der Waals surface area contributed by atoms with Gasteiger partial charge in [0.15, 0.2) is 6.67 Å². The topological polar surface area (TPSA) is 63.2 Å². The molecule has 0 aliphatic carbocycles. The van der Waals surface area contributed by atoms with Gasteiger partial charge >= 0.3 is 0 Å². The van der Waals surface area contributed by atoms with Crippen LogP contribution in [0.15, 0.2) is 0 Å². The van der Waals surface area contributed by atoms with E-state index in [0.717, 1.165) is 0 Å². The van der Waals surface area contributed by atoms with E-state index in [2.05, 4.69) is 0 Å². The van der Waals surface area contributed by atoms with Crippen molar-refractivity contribution < 1.29 is 27.5 Å². The van der Waals surface area contributed by atoms with Crippen LogP contribution in [0.25, 0.3) is 0 Å². The third-order valence-corrected chi connectivity index (χ3v) is 1.48. The molecular weight excluding hydrogens is 160 g/mol. The molecule has 0 atom stereocenters. The van der Waals surface area contributed by atoms with Crippen LogP contribution in [0.1, 0.15) is 0 Å². The van der Waals surface area contributed by atoms with E-state index in [1.165, 1.54) is 0 Å². The van der Waals surface area contributed by atoms with Crippen LogP contribution in [-0.2, 0) is 4.57 Å². The van der Waals surface area contributed by atoms with E-state index in [4.69, 9.17) is 0 Å². The number of hydrogen-bond donors (Lipinski definition) is 0. The minimum Gasteiger partial charge on any atom is -0.806 e. The molecule has 0 fully saturated rings. The first kappa shape index (κ1) is 8.94. The van der Waals surface area contributed by atoms with E-state index in [1.807, 2.05) is 0 Å². The predicted octanol–water partition coefficient (Wildman–Crippen LogP) is -0.538. The molecule has 0 radical (unpaired) electrons. The summed E-state index contributed by atoms with van der Waals surface area (Å²) in [6, 6.07) is 0. The molecule has 9 heavy (non-hydrogen) atoms. The molecule has 0 unspecified atom stereocenters. The van der Waals surface area contributed by atoms with Gasteiger partial charge in [0.05, 0.1) is 0 Å². The molecule has 0 aliphatic rings. The highest BCUT2D eigenvalue weighted by Gasteiger charge is 2.33. The first-order chi connectivity index (χ1) is 3.81. The first-order valence-corrected chi connectivity index (χ1v) is 3.31. The van der Waals surface area contributed by atoms with Crippen molar-refractivity contribution >= 4 is 7.60 Å². The van der Waals surface area contributed by atoms with Crippen molar-refractivity contribution in [3.63, 3.8) is 0 Å². The summed E-state index contributed by atoms with van der Waals surface area (Å²) in [6.45, 7) is -2.46. The summed E-state index contributed by atoms with van der Waals surface area (Å²) < 4.78 is 43.1. The Morgan fingerprint density at radius 2 is 1.78 bits per heavy atom. The summed E-state index contributed by atoms with van der Waals surface area (Å²) in [5, 5.41) is 0. The van der Waals surface area contributed by atoms with Gasteiger partial charge < -0.3 is 14.4 Å². The average Bonchev–Trinajstić information content (AvgIpc) is 1.64. The predicted molar refractivity (Wildman–Crippen MR) is 18.5 cm³/mol. The van der Waals surface area contributed by atoms with Crippen LogP contribution in [0.4, 0.5) is 13.2 Å². The standard InChI is InChI=1S/C2H4F3O3P/c3-1-2(4,5)9(6,7)8/h1H2,(H2,6,7,8)/p-2. The van der Waals surface area contributed by atoms with Gasteiger partial charge in [0, 0.05) is 7.60 Å². The Bertz CT molecular complexity index is 140. The fourth-order valence-electron chi connectivity index (χ4n) is 0.0732. The maximum absolute atomic E-state index is 11.4. The van der Waals surface area contributed by atoms with Crippen molar-refractivity contribution in [1.82, 2.24) is 0 Å². The molecule has 0 aromatic heterocycles. The molecule has 0 heterocycles. The quantitative estimate of drug-likeness (QED) is 0.512. The molecule has 0 saturated heterocycles. The Balaban J connectivity index is 4.34. The minimum absolute atomic E-state index is 2.46. The number of rotatable bonds is 2. The molecular formula is C2H2F3O3P-2. The van der Waals surface area contributed by atoms with Gasteiger partial charge in [-0.2, -0.15) is 8.78 Å². The highest BCUT2D eigenvalue weighted by Crippen LogP contribution is 2.45. The lowest BCUT2D eigenvalue weighted by Gasteiger charge is -2.35. The Hall–Kier alpha value is -0.0600. The van der Waals surface area contributed by atoms with E-state index in [1.54, 1.807) is 0 Å². The highest BCUT2D eigenvalue weighted by molar-refractivity contribution is 7.50. The Morgan fingerprint density at radius 3 is 1.78 bits per heavy atom. The molecule has 0 aromatic carbocycles. The van der Waals surface area contributed by atoms with Gasteiger partial charge in [-0.05, 0) is 0 Å². The van der Waals surface area contributed by atoms with Gasteiger partial charge in [-0.3, -0.25) is 0 Å². The second-order valence-electron chi connectivity index (χ2n) is 1.30. The second-order valence-corrected chi connectivity index (χ2v) is 2.95. The monoisotopic (exact) mass is 162 g/mol. The number of hydrogen-bond acceptors (Lipinski definition) is 3. The van der Waals surface area contributed by atoms with Gasteiger partial charge in [0.25, 0.3) is 5.66 Å². The van der Waals surface area contributed by atoms with Crippen molar-refractivity contribution in [3.05, 3.63) is 0 Å². The van der Waals surface area contributed by atoms with Gasteiger partial charge in [-0.25, -0.2) is 4.39 Å². The molecule has 56 valence electrons.